The second-order valence-corrected chi connectivity index (χ2v) is 12.4. The number of nitrogens with zero attached hydrogens (tertiary/aromatic N) is 2. The Bertz CT molecular complexity index is 1630. The lowest BCUT2D eigenvalue weighted by atomic mass is 10.0. The van der Waals surface area contributed by atoms with Crippen molar-refractivity contribution in [2.45, 2.75) is 19.8 Å². The first-order valence-corrected chi connectivity index (χ1v) is 14.1. The molecule has 0 amide bonds. The van der Waals surface area contributed by atoms with Crippen LogP contribution in [-0.4, -0.2) is 37.2 Å². The summed E-state index contributed by atoms with van der Waals surface area (Å²) in [5.74, 6) is 0. The van der Waals surface area contributed by atoms with Gasteiger partial charge in [-0.3, -0.25) is 10.2 Å². The van der Waals surface area contributed by atoms with Crippen LogP contribution in [0.1, 0.15) is 0 Å². The number of rotatable bonds is 6. The van der Waals surface area contributed by atoms with E-state index >= 15 is 0 Å². The first-order valence-electron chi connectivity index (χ1n) is 10.4. The lowest BCUT2D eigenvalue weighted by molar-refractivity contribution is 0.590. The zero-order valence-corrected chi connectivity index (χ0v) is 21.3. The molecule has 0 aliphatic carbocycles. The van der Waals surface area contributed by atoms with Crippen LogP contribution in [0, 0.1) is 0 Å². The normalized spacial score (nSPS) is 12.1. The Morgan fingerprint density at radius 1 is 0.528 bits per heavy atom. The molecule has 0 bridgehead atoms. The summed E-state index contributed by atoms with van der Waals surface area (Å²) in [6, 6.07) is 18.4. The van der Waals surface area contributed by atoms with Gasteiger partial charge in [0.15, 0.2) is 10.1 Å². The summed E-state index contributed by atoms with van der Waals surface area (Å²) in [6.45, 7) is 0. The number of aromatic nitrogens is 4. The van der Waals surface area contributed by atoms with Crippen LogP contribution in [0.25, 0.3) is 22.3 Å². The van der Waals surface area contributed by atoms with E-state index in [0.717, 1.165) is 0 Å². The van der Waals surface area contributed by atoms with E-state index in [1.54, 1.807) is 24.3 Å². The summed E-state index contributed by atoms with van der Waals surface area (Å²) in [6.07, 6.45) is 2.85. The minimum atomic E-state index is -3.88. The number of hydrogen-bond donors (Lipinski definition) is 2. The first kappa shape index (κ1) is 24.3. The van der Waals surface area contributed by atoms with E-state index in [0.29, 0.717) is 32.3 Å². The molecule has 2 aromatic heterocycles. The van der Waals surface area contributed by atoms with Gasteiger partial charge in [0.1, 0.15) is 0 Å². The zero-order valence-electron chi connectivity index (χ0n) is 18.2. The Morgan fingerprint density at radius 2 is 0.861 bits per heavy atom. The molecule has 0 atom stereocenters. The van der Waals surface area contributed by atoms with E-state index in [-0.39, 0.29) is 19.8 Å². The number of sulfone groups is 2. The summed E-state index contributed by atoms with van der Waals surface area (Å²) in [5, 5.41) is 13.7. The molecule has 0 aliphatic heterocycles. The molecule has 0 unspecified atom stereocenters. The standard InChI is InChI=1S/C24H16Cl2N4O4S2/c25-17-5-9-19(10-6-17)35(31,32)23-21(13-27-29-23)15-1-2-16(4-3-15)22-14-28-30-24(22)36(33,34)20-11-7-18(26)8-12-20/h1-14H,(H,27,29)(H,28,30). The average molecular weight is 559 g/mol. The molecule has 2 heterocycles. The second kappa shape index (κ2) is 9.21. The van der Waals surface area contributed by atoms with E-state index in [2.05, 4.69) is 20.4 Å². The predicted molar refractivity (Wildman–Crippen MR) is 135 cm³/mol. The summed E-state index contributed by atoms with van der Waals surface area (Å²) in [5.41, 5.74) is 1.90. The Kier molecular flexibility index (Phi) is 6.21. The molecular formula is C24H16Cl2N4O4S2. The first-order chi connectivity index (χ1) is 17.2. The average Bonchev–Trinajstić information content (AvgIpc) is 3.56. The smallest absolute Gasteiger partial charge is 0.223 e. The van der Waals surface area contributed by atoms with Crippen molar-refractivity contribution in [2.75, 3.05) is 0 Å². The molecule has 0 aliphatic rings. The summed E-state index contributed by atoms with van der Waals surface area (Å²) < 4.78 is 52.7. The van der Waals surface area contributed by atoms with Crippen LogP contribution in [0.5, 0.6) is 0 Å². The number of benzene rings is 3. The maximum absolute atomic E-state index is 13.2. The van der Waals surface area contributed by atoms with Crippen molar-refractivity contribution in [1.29, 1.82) is 0 Å². The molecule has 8 nitrogen and oxygen atoms in total. The minimum absolute atomic E-state index is 0.0631. The van der Waals surface area contributed by atoms with E-state index in [1.807, 2.05) is 0 Å². The largest absolute Gasteiger partial charge is 0.267 e. The van der Waals surface area contributed by atoms with Gasteiger partial charge in [0.2, 0.25) is 19.7 Å². The summed E-state index contributed by atoms with van der Waals surface area (Å²) in [4.78, 5) is 0.147. The van der Waals surface area contributed by atoms with Gasteiger partial charge in [-0.05, 0) is 59.7 Å². The van der Waals surface area contributed by atoms with Gasteiger partial charge < -0.3 is 0 Å². The SMILES string of the molecule is O=S(=O)(c1ccc(Cl)cc1)c1[nH]ncc1-c1ccc(-c2cn[nH]c2S(=O)(=O)c2ccc(Cl)cc2)cc1. The highest BCUT2D eigenvalue weighted by Gasteiger charge is 2.26. The third-order valence-corrected chi connectivity index (χ3v) is 9.49. The quantitative estimate of drug-likeness (QED) is 0.286. The lowest BCUT2D eigenvalue weighted by Crippen LogP contribution is -2.04. The molecule has 5 rings (SSSR count). The topological polar surface area (TPSA) is 126 Å². The number of aromatic amines is 2. The summed E-state index contributed by atoms with van der Waals surface area (Å²) in [7, 11) is -7.77. The fraction of sp³-hybridized carbons (Fsp3) is 0. The van der Waals surface area contributed by atoms with Crippen molar-refractivity contribution in [2.24, 2.45) is 0 Å². The molecule has 0 saturated carbocycles. The molecule has 2 N–H and O–H groups in total. The highest BCUT2D eigenvalue weighted by atomic mass is 35.5. The molecular weight excluding hydrogens is 543 g/mol. The highest BCUT2D eigenvalue weighted by molar-refractivity contribution is 7.91. The van der Waals surface area contributed by atoms with Crippen LogP contribution in [0.4, 0.5) is 0 Å². The molecule has 0 fully saturated rings. The number of halogens is 2. The van der Waals surface area contributed by atoms with Crippen molar-refractivity contribution in [3.8, 4) is 22.3 Å². The van der Waals surface area contributed by atoms with E-state index in [4.69, 9.17) is 23.2 Å². The van der Waals surface area contributed by atoms with Gasteiger partial charge >= 0.3 is 0 Å². The van der Waals surface area contributed by atoms with Crippen molar-refractivity contribution in [3.63, 3.8) is 0 Å². The second-order valence-electron chi connectivity index (χ2n) is 7.72. The van der Waals surface area contributed by atoms with Crippen LogP contribution >= 0.6 is 23.2 Å². The van der Waals surface area contributed by atoms with Gasteiger partial charge in [0.25, 0.3) is 0 Å². The molecule has 5 aromatic rings. The molecule has 12 heteroatoms. The minimum Gasteiger partial charge on any atom is -0.267 e. The molecule has 182 valence electrons. The molecule has 3 aromatic carbocycles. The fourth-order valence-electron chi connectivity index (χ4n) is 3.66. The van der Waals surface area contributed by atoms with Gasteiger partial charge in [-0.15, -0.1) is 0 Å². The molecule has 36 heavy (non-hydrogen) atoms. The maximum Gasteiger partial charge on any atom is 0.223 e. The highest BCUT2D eigenvalue weighted by Crippen LogP contribution is 2.34. The van der Waals surface area contributed by atoms with Crippen LogP contribution < -0.4 is 0 Å². The van der Waals surface area contributed by atoms with Crippen LogP contribution in [0.2, 0.25) is 10.0 Å². The molecule has 0 spiro atoms. The van der Waals surface area contributed by atoms with E-state index < -0.39 is 19.7 Å². The van der Waals surface area contributed by atoms with Crippen molar-refractivity contribution in [1.82, 2.24) is 20.4 Å². The fourth-order valence-corrected chi connectivity index (χ4v) is 6.64. The van der Waals surface area contributed by atoms with E-state index in [1.165, 1.54) is 60.9 Å². The number of nitrogens with one attached hydrogen (secondary N) is 2. The zero-order chi connectivity index (χ0) is 25.5. The Hall–Kier alpha value is -3.44. The third-order valence-electron chi connectivity index (χ3n) is 5.50. The lowest BCUT2D eigenvalue weighted by Gasteiger charge is -2.08. The van der Waals surface area contributed by atoms with Crippen LogP contribution in [0.3, 0.4) is 0 Å². The molecule has 0 radical (unpaired) electrons. The maximum atomic E-state index is 13.2. The Balaban J connectivity index is 1.50. The van der Waals surface area contributed by atoms with Crippen molar-refractivity contribution < 1.29 is 16.8 Å². The van der Waals surface area contributed by atoms with Gasteiger partial charge in [-0.2, -0.15) is 10.2 Å². The van der Waals surface area contributed by atoms with Crippen molar-refractivity contribution in [3.05, 3.63) is 95.2 Å². The van der Waals surface area contributed by atoms with Gasteiger partial charge in [-0.1, -0.05) is 47.5 Å². The number of hydrogen-bond acceptors (Lipinski definition) is 6. The monoisotopic (exact) mass is 558 g/mol. The Labute approximate surface area is 216 Å². The van der Waals surface area contributed by atoms with Crippen LogP contribution in [-0.2, 0) is 19.7 Å². The van der Waals surface area contributed by atoms with Gasteiger partial charge in [0, 0.05) is 21.2 Å². The molecule has 0 saturated heterocycles. The Morgan fingerprint density at radius 3 is 1.19 bits per heavy atom. The van der Waals surface area contributed by atoms with E-state index in [9.17, 15) is 16.8 Å². The number of H-pyrrole nitrogens is 2. The summed E-state index contributed by atoms with van der Waals surface area (Å²) >= 11 is 11.8. The van der Waals surface area contributed by atoms with Crippen LogP contribution in [0.15, 0.2) is 105 Å². The van der Waals surface area contributed by atoms with Gasteiger partial charge in [0.05, 0.1) is 22.2 Å². The van der Waals surface area contributed by atoms with Crippen molar-refractivity contribution >= 4 is 42.9 Å². The third kappa shape index (κ3) is 4.33. The van der Waals surface area contributed by atoms with Gasteiger partial charge in [-0.25, -0.2) is 16.8 Å². The predicted octanol–water partition coefficient (Wildman–Crippen LogP) is 5.44.